The van der Waals surface area contributed by atoms with Crippen LogP contribution < -0.4 is 0 Å². The van der Waals surface area contributed by atoms with E-state index in [0.29, 0.717) is 46.1 Å². The monoisotopic (exact) mass is 556 g/mol. The molecule has 1 aliphatic carbocycles. The molecular formula is C30H44O6Si2. The maximum Gasteiger partial charge on any atom is 0.516 e. The molecule has 0 atom stereocenters. The van der Waals surface area contributed by atoms with Crippen molar-refractivity contribution in [2.45, 2.75) is 52.6 Å². The van der Waals surface area contributed by atoms with Crippen molar-refractivity contribution < 1.29 is 26.6 Å². The fourth-order valence-electron chi connectivity index (χ4n) is 5.34. The molecule has 38 heavy (non-hydrogen) atoms. The summed E-state index contributed by atoms with van der Waals surface area (Å²) in [5, 5.41) is 0. The Bertz CT molecular complexity index is 996. The van der Waals surface area contributed by atoms with Crippen LogP contribution in [0.25, 0.3) is 16.7 Å². The van der Waals surface area contributed by atoms with Gasteiger partial charge in [-0.2, -0.15) is 0 Å². The van der Waals surface area contributed by atoms with Crippen molar-refractivity contribution in [3.05, 3.63) is 78.4 Å². The van der Waals surface area contributed by atoms with Gasteiger partial charge >= 0.3 is 17.6 Å². The van der Waals surface area contributed by atoms with Crippen molar-refractivity contribution in [2.75, 3.05) is 39.6 Å². The van der Waals surface area contributed by atoms with Gasteiger partial charge in [0.1, 0.15) is 4.66 Å². The second-order valence-corrected chi connectivity index (χ2v) is 15.1. The van der Waals surface area contributed by atoms with Gasteiger partial charge in [0.25, 0.3) is 0 Å². The summed E-state index contributed by atoms with van der Waals surface area (Å²) in [7, 11) is -7.01. The van der Waals surface area contributed by atoms with Gasteiger partial charge in [0.05, 0.1) is 0 Å². The van der Waals surface area contributed by atoms with Crippen LogP contribution in [0.4, 0.5) is 0 Å². The van der Waals surface area contributed by atoms with E-state index in [4.69, 9.17) is 26.6 Å². The van der Waals surface area contributed by atoms with Crippen LogP contribution >= 0.6 is 0 Å². The van der Waals surface area contributed by atoms with E-state index in [1.807, 2.05) is 47.6 Å². The summed E-state index contributed by atoms with van der Waals surface area (Å²) in [6, 6.07) is 19.0. The summed E-state index contributed by atoms with van der Waals surface area (Å²) >= 11 is 0. The molecule has 6 nitrogen and oxygen atoms in total. The molecular weight excluding hydrogens is 512 g/mol. The largest absolute Gasteiger partial charge is 0.516 e. The molecule has 2 aromatic carbocycles. The fraction of sp³-hybridized carbons (Fsp3) is 0.467. The van der Waals surface area contributed by atoms with Crippen molar-refractivity contribution in [3.63, 3.8) is 0 Å². The fourth-order valence-corrected chi connectivity index (χ4v) is 13.9. The molecule has 0 spiro atoms. The van der Waals surface area contributed by atoms with Gasteiger partial charge in [-0.1, -0.05) is 72.8 Å². The molecule has 2 aromatic rings. The van der Waals surface area contributed by atoms with E-state index in [1.54, 1.807) is 0 Å². The Balaban J connectivity index is 2.30. The number of hydrogen-bond acceptors (Lipinski definition) is 6. The van der Waals surface area contributed by atoms with E-state index in [9.17, 15) is 0 Å². The lowest BCUT2D eigenvalue weighted by molar-refractivity contribution is 0.0198. The second-order valence-electron chi connectivity index (χ2n) is 8.82. The third kappa shape index (κ3) is 5.98. The van der Waals surface area contributed by atoms with Crippen LogP contribution in [-0.2, 0) is 26.6 Å². The molecule has 0 N–H and O–H groups in total. The summed E-state index contributed by atoms with van der Waals surface area (Å²) in [6.07, 6.45) is 6.94. The van der Waals surface area contributed by atoms with Crippen molar-refractivity contribution in [3.8, 4) is 11.1 Å². The molecule has 0 heterocycles. The molecule has 0 saturated heterocycles. The molecule has 0 amide bonds. The summed E-state index contributed by atoms with van der Waals surface area (Å²) in [6.45, 7) is 14.5. The zero-order chi connectivity index (χ0) is 27.5. The first-order valence-corrected chi connectivity index (χ1v) is 17.3. The van der Waals surface area contributed by atoms with Gasteiger partial charge in [-0.25, -0.2) is 0 Å². The first kappa shape index (κ1) is 30.7. The van der Waals surface area contributed by atoms with Crippen molar-refractivity contribution in [1.29, 1.82) is 0 Å². The van der Waals surface area contributed by atoms with Crippen LogP contribution in [0, 0.1) is 0 Å². The summed E-state index contributed by atoms with van der Waals surface area (Å²) in [5.41, 5.74) is 4.61. The normalized spacial score (nSPS) is 15.5. The smallest absolute Gasteiger partial charge is 0.373 e. The molecule has 0 saturated carbocycles. The highest BCUT2D eigenvalue weighted by Crippen LogP contribution is 2.58. The third-order valence-electron chi connectivity index (χ3n) is 6.60. The lowest BCUT2D eigenvalue weighted by atomic mass is 9.90. The maximum absolute atomic E-state index is 6.61. The van der Waals surface area contributed by atoms with Crippen molar-refractivity contribution in [1.82, 2.24) is 0 Å². The predicted octanol–water partition coefficient (Wildman–Crippen LogP) is 7.07. The summed E-state index contributed by atoms with van der Waals surface area (Å²) in [5.74, 6) is 0. The molecule has 8 heteroatoms. The van der Waals surface area contributed by atoms with Crippen LogP contribution in [0.1, 0.15) is 53.5 Å². The zero-order valence-corrected chi connectivity index (χ0v) is 25.8. The van der Waals surface area contributed by atoms with Gasteiger partial charge in [0.2, 0.25) is 0 Å². The second kappa shape index (κ2) is 14.5. The number of allylic oxidation sites excluding steroid dienone is 4. The van der Waals surface area contributed by atoms with Crippen LogP contribution in [-0.4, -0.2) is 57.3 Å². The van der Waals surface area contributed by atoms with Crippen LogP contribution in [0.2, 0.25) is 4.66 Å². The molecule has 0 fully saturated rings. The minimum Gasteiger partial charge on any atom is -0.373 e. The van der Waals surface area contributed by atoms with E-state index in [0.717, 1.165) is 22.3 Å². The van der Waals surface area contributed by atoms with Crippen molar-refractivity contribution >= 4 is 23.2 Å². The van der Waals surface area contributed by atoms with Crippen LogP contribution in [0.15, 0.2) is 72.8 Å². The Morgan fingerprint density at radius 1 is 0.579 bits per heavy atom. The van der Waals surface area contributed by atoms with Gasteiger partial charge in [-0.15, -0.1) is 0 Å². The molecule has 0 aliphatic heterocycles. The van der Waals surface area contributed by atoms with Gasteiger partial charge in [0.15, 0.2) is 0 Å². The van der Waals surface area contributed by atoms with Gasteiger partial charge < -0.3 is 26.6 Å². The van der Waals surface area contributed by atoms with Crippen LogP contribution in [0.3, 0.4) is 0 Å². The highest BCUT2D eigenvalue weighted by molar-refractivity contribution is 6.86. The van der Waals surface area contributed by atoms with E-state index >= 15 is 0 Å². The highest BCUT2D eigenvalue weighted by atomic mass is 28.5. The Labute approximate surface area is 231 Å². The third-order valence-corrected chi connectivity index (χ3v) is 15.3. The summed E-state index contributed by atoms with van der Waals surface area (Å²) in [4.78, 5) is 0. The molecule has 208 valence electrons. The molecule has 0 aromatic heterocycles. The topological polar surface area (TPSA) is 55.4 Å². The zero-order valence-electron chi connectivity index (χ0n) is 23.8. The number of hydrogen-bond donors (Lipinski definition) is 0. The molecule has 0 radical (unpaired) electrons. The molecule has 3 rings (SSSR count). The minimum absolute atomic E-state index is 0.441. The average molecular weight is 557 g/mol. The SMILES string of the molecule is CCO[Si](OCC)(OCC)C1([Si](OCC)(OCC)OCC)C=CC=C(c2ccccc2-c2ccccc2)C1. The Hall–Kier alpha value is -1.89. The van der Waals surface area contributed by atoms with Gasteiger partial charge in [0, 0.05) is 39.6 Å². The van der Waals surface area contributed by atoms with Gasteiger partial charge in [-0.3, -0.25) is 0 Å². The standard InChI is InChI=1S/C30H44O6Si2/c1-7-31-37(32-8-2,33-9-3)30(38(34-10-4,35-11-5)36-12-6)24-18-21-27(25-30)29-23-17-16-22-28(29)26-19-14-13-15-20-26/h13-24H,7-12,25H2,1-6H3. The minimum atomic E-state index is -3.50. The van der Waals surface area contributed by atoms with Crippen LogP contribution in [0.5, 0.6) is 0 Å². The van der Waals surface area contributed by atoms with E-state index in [2.05, 4.69) is 66.8 Å². The van der Waals surface area contributed by atoms with E-state index in [1.165, 1.54) is 0 Å². The van der Waals surface area contributed by atoms with E-state index < -0.39 is 22.3 Å². The number of benzene rings is 2. The Morgan fingerprint density at radius 2 is 1.00 bits per heavy atom. The first-order valence-electron chi connectivity index (χ1n) is 13.9. The lowest BCUT2D eigenvalue weighted by Crippen LogP contribution is -2.70. The van der Waals surface area contributed by atoms with E-state index in [-0.39, 0.29) is 0 Å². The summed E-state index contributed by atoms with van der Waals surface area (Å²) < 4.78 is 38.8. The molecule has 0 bridgehead atoms. The predicted molar refractivity (Wildman–Crippen MR) is 158 cm³/mol. The lowest BCUT2D eigenvalue weighted by Gasteiger charge is -2.51. The molecule has 0 unspecified atom stereocenters. The first-order chi connectivity index (χ1) is 18.5. The van der Waals surface area contributed by atoms with Crippen molar-refractivity contribution in [2.24, 2.45) is 0 Å². The number of rotatable bonds is 16. The van der Waals surface area contributed by atoms with Gasteiger partial charge in [-0.05, 0) is 70.2 Å². The Morgan fingerprint density at radius 3 is 1.45 bits per heavy atom. The average Bonchev–Trinajstić information content (AvgIpc) is 2.94. The quantitative estimate of drug-likeness (QED) is 0.206. The maximum atomic E-state index is 6.61. The molecule has 1 aliphatic rings. The Kier molecular flexibility index (Phi) is 11.7. The highest BCUT2D eigenvalue weighted by Gasteiger charge is 2.76.